The molecule has 2 heterocycles. The van der Waals surface area contributed by atoms with E-state index in [2.05, 4.69) is 25.9 Å². The first kappa shape index (κ1) is 10.2. The second-order valence-corrected chi connectivity index (χ2v) is 3.57. The number of alkyl halides is 1. The fourth-order valence-corrected chi connectivity index (χ4v) is 1.57. The van der Waals surface area contributed by atoms with E-state index >= 15 is 0 Å². The van der Waals surface area contributed by atoms with Gasteiger partial charge in [0.2, 0.25) is 0 Å². The molecular formula is C11H8BrFN2. The first-order valence-electron chi connectivity index (χ1n) is 4.43. The van der Waals surface area contributed by atoms with Crippen molar-refractivity contribution < 1.29 is 4.39 Å². The van der Waals surface area contributed by atoms with Gasteiger partial charge in [-0.25, -0.2) is 9.37 Å². The first-order valence-corrected chi connectivity index (χ1v) is 5.55. The summed E-state index contributed by atoms with van der Waals surface area (Å²) >= 11 is 3.29. The van der Waals surface area contributed by atoms with Crippen LogP contribution in [0.2, 0.25) is 0 Å². The van der Waals surface area contributed by atoms with Crippen LogP contribution in [0.4, 0.5) is 4.39 Å². The van der Waals surface area contributed by atoms with Crippen molar-refractivity contribution in [1.82, 2.24) is 9.97 Å². The molecule has 0 unspecified atom stereocenters. The van der Waals surface area contributed by atoms with E-state index in [1.54, 1.807) is 30.6 Å². The Hall–Kier alpha value is -1.29. The Kier molecular flexibility index (Phi) is 3.06. The largest absolute Gasteiger partial charge is 0.264 e. The minimum atomic E-state index is -0.326. The lowest BCUT2D eigenvalue weighted by Gasteiger charge is -2.03. The lowest BCUT2D eigenvalue weighted by atomic mass is 10.2. The standard InChI is InChI=1S/C11H8BrFN2/c12-6-9-3-4-10(13)11(15-9)8-2-1-5-14-7-8/h1-5,7H,6H2. The normalized spacial score (nSPS) is 10.3. The molecule has 4 heteroatoms. The molecule has 0 N–H and O–H groups in total. The van der Waals surface area contributed by atoms with Crippen molar-refractivity contribution in [3.63, 3.8) is 0 Å². The Morgan fingerprint density at radius 2 is 2.13 bits per heavy atom. The van der Waals surface area contributed by atoms with Gasteiger partial charge in [-0.1, -0.05) is 15.9 Å². The number of aromatic nitrogens is 2. The van der Waals surface area contributed by atoms with Gasteiger partial charge in [0, 0.05) is 23.3 Å². The van der Waals surface area contributed by atoms with Gasteiger partial charge >= 0.3 is 0 Å². The smallest absolute Gasteiger partial charge is 0.149 e. The van der Waals surface area contributed by atoms with Gasteiger partial charge in [0.05, 0.1) is 5.69 Å². The molecule has 2 aromatic heterocycles. The minimum Gasteiger partial charge on any atom is -0.264 e. The second kappa shape index (κ2) is 4.49. The second-order valence-electron chi connectivity index (χ2n) is 3.01. The van der Waals surface area contributed by atoms with Gasteiger partial charge < -0.3 is 0 Å². The molecule has 0 saturated carbocycles. The van der Waals surface area contributed by atoms with Crippen LogP contribution < -0.4 is 0 Å². The number of hydrogen-bond donors (Lipinski definition) is 0. The van der Waals surface area contributed by atoms with E-state index in [0.717, 1.165) is 5.69 Å². The van der Waals surface area contributed by atoms with Crippen molar-refractivity contribution in [2.24, 2.45) is 0 Å². The van der Waals surface area contributed by atoms with Crippen molar-refractivity contribution in [2.45, 2.75) is 5.33 Å². The highest BCUT2D eigenvalue weighted by atomic mass is 79.9. The molecule has 0 aromatic carbocycles. The van der Waals surface area contributed by atoms with Gasteiger partial charge in [0.1, 0.15) is 11.5 Å². The Morgan fingerprint density at radius 3 is 2.80 bits per heavy atom. The van der Waals surface area contributed by atoms with E-state index in [1.165, 1.54) is 6.07 Å². The molecule has 2 aromatic rings. The zero-order valence-electron chi connectivity index (χ0n) is 7.82. The zero-order valence-corrected chi connectivity index (χ0v) is 9.41. The SMILES string of the molecule is Fc1ccc(CBr)nc1-c1cccnc1. The van der Waals surface area contributed by atoms with Crippen molar-refractivity contribution in [3.8, 4) is 11.3 Å². The zero-order chi connectivity index (χ0) is 10.7. The summed E-state index contributed by atoms with van der Waals surface area (Å²) in [5.74, 6) is -0.326. The lowest BCUT2D eigenvalue weighted by molar-refractivity contribution is 0.624. The van der Waals surface area contributed by atoms with Crippen LogP contribution in [0.5, 0.6) is 0 Å². The molecule has 0 atom stereocenters. The van der Waals surface area contributed by atoms with Crippen LogP contribution in [-0.2, 0) is 5.33 Å². The molecule has 2 nitrogen and oxygen atoms in total. The van der Waals surface area contributed by atoms with E-state index in [1.807, 2.05) is 0 Å². The molecule has 0 fully saturated rings. The van der Waals surface area contributed by atoms with Gasteiger partial charge in [-0.2, -0.15) is 0 Å². The molecule has 0 aliphatic heterocycles. The van der Waals surface area contributed by atoms with Crippen molar-refractivity contribution >= 4 is 15.9 Å². The summed E-state index contributed by atoms with van der Waals surface area (Å²) in [4.78, 5) is 8.14. The van der Waals surface area contributed by atoms with Crippen molar-refractivity contribution in [2.75, 3.05) is 0 Å². The summed E-state index contributed by atoms with van der Waals surface area (Å²) in [7, 11) is 0. The Labute approximate surface area is 95.3 Å². The van der Waals surface area contributed by atoms with Crippen LogP contribution in [0.1, 0.15) is 5.69 Å². The monoisotopic (exact) mass is 266 g/mol. The fourth-order valence-electron chi connectivity index (χ4n) is 1.26. The van der Waals surface area contributed by atoms with Gasteiger partial charge in [0.25, 0.3) is 0 Å². The Morgan fingerprint density at radius 1 is 1.27 bits per heavy atom. The summed E-state index contributed by atoms with van der Waals surface area (Å²) < 4.78 is 13.5. The highest BCUT2D eigenvalue weighted by Crippen LogP contribution is 2.20. The highest BCUT2D eigenvalue weighted by molar-refractivity contribution is 9.08. The molecule has 0 amide bonds. The van der Waals surface area contributed by atoms with Crippen LogP contribution in [0, 0.1) is 5.82 Å². The number of rotatable bonds is 2. The lowest BCUT2D eigenvalue weighted by Crippen LogP contribution is -1.93. The average molecular weight is 267 g/mol. The molecule has 0 aliphatic carbocycles. The molecule has 0 bridgehead atoms. The maximum absolute atomic E-state index is 13.5. The topological polar surface area (TPSA) is 25.8 Å². The number of pyridine rings is 2. The van der Waals surface area contributed by atoms with E-state index in [9.17, 15) is 4.39 Å². The number of nitrogens with zero attached hydrogens (tertiary/aromatic N) is 2. The molecule has 2 rings (SSSR count). The van der Waals surface area contributed by atoms with Gasteiger partial charge in [-0.15, -0.1) is 0 Å². The molecular weight excluding hydrogens is 259 g/mol. The summed E-state index contributed by atoms with van der Waals surface area (Å²) in [6.45, 7) is 0. The predicted molar refractivity (Wildman–Crippen MR) is 60.1 cm³/mol. The molecule has 15 heavy (non-hydrogen) atoms. The fraction of sp³-hybridized carbons (Fsp3) is 0.0909. The van der Waals surface area contributed by atoms with E-state index < -0.39 is 0 Å². The predicted octanol–water partition coefficient (Wildman–Crippen LogP) is 3.18. The van der Waals surface area contributed by atoms with Crippen LogP contribution in [-0.4, -0.2) is 9.97 Å². The summed E-state index contributed by atoms with van der Waals surface area (Å²) in [6, 6.07) is 6.63. The van der Waals surface area contributed by atoms with Crippen LogP contribution in [0.3, 0.4) is 0 Å². The van der Waals surface area contributed by atoms with E-state index in [4.69, 9.17) is 0 Å². The third-order valence-corrected chi connectivity index (χ3v) is 2.55. The average Bonchev–Trinajstić information content (AvgIpc) is 2.31. The van der Waals surface area contributed by atoms with Crippen LogP contribution in [0.15, 0.2) is 36.7 Å². The quantitative estimate of drug-likeness (QED) is 0.781. The summed E-state index contributed by atoms with van der Waals surface area (Å²) in [5.41, 5.74) is 1.84. The Bertz CT molecular complexity index is 459. The van der Waals surface area contributed by atoms with Crippen LogP contribution >= 0.6 is 15.9 Å². The summed E-state index contributed by atoms with van der Waals surface area (Å²) in [6.07, 6.45) is 3.25. The van der Waals surface area contributed by atoms with Crippen molar-refractivity contribution in [1.29, 1.82) is 0 Å². The molecule has 76 valence electrons. The van der Waals surface area contributed by atoms with E-state index in [0.29, 0.717) is 16.6 Å². The number of halogens is 2. The van der Waals surface area contributed by atoms with Crippen molar-refractivity contribution in [3.05, 3.63) is 48.2 Å². The molecule has 0 radical (unpaired) electrons. The summed E-state index contributed by atoms with van der Waals surface area (Å²) in [5, 5.41) is 0.612. The minimum absolute atomic E-state index is 0.326. The Balaban J connectivity index is 2.52. The van der Waals surface area contributed by atoms with E-state index in [-0.39, 0.29) is 5.82 Å². The molecule has 0 aliphatic rings. The number of hydrogen-bond acceptors (Lipinski definition) is 2. The maximum Gasteiger partial charge on any atom is 0.149 e. The molecule has 0 spiro atoms. The van der Waals surface area contributed by atoms with Crippen LogP contribution in [0.25, 0.3) is 11.3 Å². The maximum atomic E-state index is 13.5. The third-order valence-electron chi connectivity index (χ3n) is 1.98. The van der Waals surface area contributed by atoms with Gasteiger partial charge in [-0.05, 0) is 24.3 Å². The molecule has 0 saturated heterocycles. The van der Waals surface area contributed by atoms with Gasteiger partial charge in [0.15, 0.2) is 0 Å². The third kappa shape index (κ3) is 2.21. The highest BCUT2D eigenvalue weighted by Gasteiger charge is 2.07. The first-order chi connectivity index (χ1) is 7.31. The van der Waals surface area contributed by atoms with Gasteiger partial charge in [-0.3, -0.25) is 4.98 Å².